The van der Waals surface area contributed by atoms with Crippen LogP contribution in [0.15, 0.2) is 42.5 Å². The Morgan fingerprint density at radius 1 is 1.00 bits per heavy atom. The van der Waals surface area contributed by atoms with Crippen LogP contribution >= 0.6 is 24.4 Å². The van der Waals surface area contributed by atoms with Gasteiger partial charge in [0, 0.05) is 12.2 Å². The van der Waals surface area contributed by atoms with Gasteiger partial charge >= 0.3 is 0 Å². The Bertz CT molecular complexity index is 815. The van der Waals surface area contributed by atoms with Crippen LogP contribution in [0.5, 0.6) is 17.2 Å². The summed E-state index contributed by atoms with van der Waals surface area (Å²) in [5.74, 6) is 2.31. The number of benzene rings is 2. The summed E-state index contributed by atoms with van der Waals surface area (Å²) in [6, 6.07) is 13.3. The van der Waals surface area contributed by atoms with Crippen molar-refractivity contribution in [2.75, 3.05) is 18.7 Å². The zero-order valence-electron chi connectivity index (χ0n) is 14.7. The lowest BCUT2D eigenvalue weighted by atomic mass is 10.2. The normalized spacial score (nSPS) is 11.4. The van der Waals surface area contributed by atoms with Crippen LogP contribution in [-0.2, 0) is 6.54 Å². The molecule has 0 aliphatic carbocycles. The minimum absolute atomic E-state index is 0.259. The number of hydrogen-bond acceptors (Lipinski definition) is 5. The molecule has 0 bridgehead atoms. The van der Waals surface area contributed by atoms with Gasteiger partial charge in [0.15, 0.2) is 21.7 Å². The van der Waals surface area contributed by atoms with E-state index in [-0.39, 0.29) is 6.79 Å². The largest absolute Gasteiger partial charge is 0.494 e. The fraction of sp³-hybridized carbons (Fsp3) is 0.222. The van der Waals surface area contributed by atoms with E-state index < -0.39 is 0 Å². The second-order valence-corrected chi connectivity index (χ2v) is 6.35. The van der Waals surface area contributed by atoms with Crippen molar-refractivity contribution in [1.82, 2.24) is 16.2 Å². The lowest BCUT2D eigenvalue weighted by Gasteiger charge is -2.14. The smallest absolute Gasteiger partial charge is 0.231 e. The molecule has 7 nitrogen and oxygen atoms in total. The fourth-order valence-electron chi connectivity index (χ4n) is 2.35. The van der Waals surface area contributed by atoms with Crippen molar-refractivity contribution >= 4 is 40.3 Å². The molecule has 0 fully saturated rings. The van der Waals surface area contributed by atoms with Gasteiger partial charge in [-0.3, -0.25) is 10.9 Å². The van der Waals surface area contributed by atoms with Crippen LogP contribution in [-0.4, -0.2) is 23.6 Å². The Labute approximate surface area is 168 Å². The van der Waals surface area contributed by atoms with E-state index in [1.165, 1.54) is 0 Å². The number of anilines is 1. The Balaban J connectivity index is 1.38. The number of hydrogen-bond donors (Lipinski definition) is 4. The number of hydrazine groups is 1. The van der Waals surface area contributed by atoms with Gasteiger partial charge in [0.1, 0.15) is 5.75 Å². The van der Waals surface area contributed by atoms with E-state index in [9.17, 15) is 0 Å². The number of fused-ring (bicyclic) bond motifs is 1. The molecule has 2 aromatic carbocycles. The molecule has 0 aromatic heterocycles. The van der Waals surface area contributed by atoms with E-state index in [1.54, 1.807) is 0 Å². The third-order valence-corrected chi connectivity index (χ3v) is 4.05. The van der Waals surface area contributed by atoms with Crippen molar-refractivity contribution in [2.24, 2.45) is 0 Å². The van der Waals surface area contributed by atoms with Crippen molar-refractivity contribution in [3.05, 3.63) is 48.0 Å². The van der Waals surface area contributed by atoms with E-state index in [4.69, 9.17) is 38.6 Å². The van der Waals surface area contributed by atoms with E-state index in [0.29, 0.717) is 23.4 Å². The first kappa shape index (κ1) is 19.0. The molecule has 0 saturated carbocycles. The number of ether oxygens (including phenoxy) is 3. The second kappa shape index (κ2) is 9.24. The van der Waals surface area contributed by atoms with Gasteiger partial charge < -0.3 is 24.8 Å². The topological polar surface area (TPSA) is 75.8 Å². The van der Waals surface area contributed by atoms with E-state index >= 15 is 0 Å². The summed E-state index contributed by atoms with van der Waals surface area (Å²) in [6.07, 6.45) is 0. The molecule has 1 heterocycles. The molecular weight excluding hydrogens is 384 g/mol. The Morgan fingerprint density at radius 3 is 2.52 bits per heavy atom. The maximum atomic E-state index is 5.40. The van der Waals surface area contributed by atoms with Gasteiger partial charge in [-0.15, -0.1) is 0 Å². The average molecular weight is 405 g/mol. The average Bonchev–Trinajstić information content (AvgIpc) is 3.14. The molecule has 27 heavy (non-hydrogen) atoms. The van der Waals surface area contributed by atoms with Gasteiger partial charge in [0.05, 0.1) is 6.61 Å². The Hall–Kier alpha value is -2.78. The summed E-state index contributed by atoms with van der Waals surface area (Å²) in [5.41, 5.74) is 7.55. The number of thiocarbonyl (C=S) groups is 2. The molecule has 0 saturated heterocycles. The van der Waals surface area contributed by atoms with Gasteiger partial charge in [0.2, 0.25) is 6.79 Å². The highest BCUT2D eigenvalue weighted by Gasteiger charge is 2.13. The van der Waals surface area contributed by atoms with Gasteiger partial charge in [-0.1, -0.05) is 6.07 Å². The fourth-order valence-corrected chi connectivity index (χ4v) is 2.65. The molecule has 1 aliphatic rings. The van der Waals surface area contributed by atoms with Crippen LogP contribution in [0, 0.1) is 0 Å². The van der Waals surface area contributed by atoms with Gasteiger partial charge in [-0.2, -0.15) is 0 Å². The maximum Gasteiger partial charge on any atom is 0.231 e. The highest BCUT2D eigenvalue weighted by Crippen LogP contribution is 2.32. The zero-order valence-corrected chi connectivity index (χ0v) is 16.3. The summed E-state index contributed by atoms with van der Waals surface area (Å²) in [7, 11) is 0. The minimum Gasteiger partial charge on any atom is -0.494 e. The molecule has 0 spiro atoms. The standard InChI is InChI=1S/C18H20N4O3S2/c1-2-23-14-6-4-13(5-7-14)20-18(27)22-21-17(26)19-10-12-3-8-15-16(9-12)25-11-24-15/h3-9H,2,10-11H2,1H3,(H2,19,21,26)(H2,20,22,27). The molecule has 142 valence electrons. The quantitative estimate of drug-likeness (QED) is 0.444. The molecule has 9 heteroatoms. The van der Waals surface area contributed by atoms with Crippen LogP contribution in [0.3, 0.4) is 0 Å². The third-order valence-electron chi connectivity index (χ3n) is 3.60. The summed E-state index contributed by atoms with van der Waals surface area (Å²) >= 11 is 10.5. The molecule has 3 rings (SSSR count). The third kappa shape index (κ3) is 5.60. The summed E-state index contributed by atoms with van der Waals surface area (Å²) in [6.45, 7) is 3.38. The SMILES string of the molecule is CCOc1ccc(NC(=S)NNC(=S)NCc2ccc3c(c2)OCO3)cc1. The van der Waals surface area contributed by atoms with E-state index in [0.717, 1.165) is 28.5 Å². The monoisotopic (exact) mass is 404 g/mol. The van der Waals surface area contributed by atoms with Gasteiger partial charge in [0.25, 0.3) is 0 Å². The Morgan fingerprint density at radius 2 is 1.74 bits per heavy atom. The zero-order chi connectivity index (χ0) is 19.1. The molecule has 0 amide bonds. The predicted molar refractivity (Wildman–Crippen MR) is 112 cm³/mol. The van der Waals surface area contributed by atoms with Gasteiger partial charge in [-0.05, 0) is 73.3 Å². The molecule has 0 radical (unpaired) electrons. The summed E-state index contributed by atoms with van der Waals surface area (Å²) < 4.78 is 16.1. The molecule has 4 N–H and O–H groups in total. The first-order valence-electron chi connectivity index (χ1n) is 8.36. The maximum absolute atomic E-state index is 5.40. The van der Waals surface area contributed by atoms with Crippen molar-refractivity contribution in [1.29, 1.82) is 0 Å². The van der Waals surface area contributed by atoms with E-state index in [2.05, 4.69) is 21.5 Å². The summed E-state index contributed by atoms with van der Waals surface area (Å²) in [5, 5.41) is 6.96. The van der Waals surface area contributed by atoms with Crippen LogP contribution in [0.2, 0.25) is 0 Å². The lowest BCUT2D eigenvalue weighted by Crippen LogP contribution is -2.47. The van der Waals surface area contributed by atoms with Crippen LogP contribution < -0.4 is 35.7 Å². The molecule has 1 aliphatic heterocycles. The highest BCUT2D eigenvalue weighted by molar-refractivity contribution is 7.80. The Kier molecular flexibility index (Phi) is 6.50. The molecule has 0 atom stereocenters. The lowest BCUT2D eigenvalue weighted by molar-refractivity contribution is 0.174. The molecule has 2 aromatic rings. The first-order chi connectivity index (χ1) is 13.1. The highest BCUT2D eigenvalue weighted by atomic mass is 32.1. The molecule has 0 unspecified atom stereocenters. The predicted octanol–water partition coefficient (Wildman–Crippen LogP) is 2.68. The van der Waals surface area contributed by atoms with Crippen LogP contribution in [0.1, 0.15) is 12.5 Å². The van der Waals surface area contributed by atoms with Crippen LogP contribution in [0.4, 0.5) is 5.69 Å². The number of nitrogens with one attached hydrogen (secondary N) is 4. The van der Waals surface area contributed by atoms with Crippen molar-refractivity contribution < 1.29 is 14.2 Å². The molecular formula is C18H20N4O3S2. The summed E-state index contributed by atoms with van der Waals surface area (Å²) in [4.78, 5) is 0. The minimum atomic E-state index is 0.259. The van der Waals surface area contributed by atoms with Crippen LogP contribution in [0.25, 0.3) is 0 Å². The van der Waals surface area contributed by atoms with Gasteiger partial charge in [-0.25, -0.2) is 0 Å². The van der Waals surface area contributed by atoms with E-state index in [1.807, 2.05) is 49.4 Å². The van der Waals surface area contributed by atoms with Crippen molar-refractivity contribution in [2.45, 2.75) is 13.5 Å². The van der Waals surface area contributed by atoms with Crippen molar-refractivity contribution in [3.8, 4) is 17.2 Å². The number of rotatable bonds is 5. The second-order valence-electron chi connectivity index (χ2n) is 5.53. The van der Waals surface area contributed by atoms with Crippen molar-refractivity contribution in [3.63, 3.8) is 0 Å². The first-order valence-corrected chi connectivity index (χ1v) is 9.18.